The molecule has 27 heavy (non-hydrogen) atoms. The third-order valence-corrected chi connectivity index (χ3v) is 4.87. The summed E-state index contributed by atoms with van der Waals surface area (Å²) >= 11 is 0. The number of amides is 1. The summed E-state index contributed by atoms with van der Waals surface area (Å²) in [4.78, 5) is 39.3. The minimum absolute atomic E-state index is 0.0633. The summed E-state index contributed by atoms with van der Waals surface area (Å²) in [6, 6.07) is 0. The number of nitrogens with zero attached hydrogens (tertiary/aromatic N) is 7. The van der Waals surface area contributed by atoms with Crippen LogP contribution in [0.2, 0.25) is 0 Å². The van der Waals surface area contributed by atoms with E-state index in [-0.39, 0.29) is 11.8 Å². The predicted octanol–water partition coefficient (Wildman–Crippen LogP) is 0.415. The second-order valence-electron chi connectivity index (χ2n) is 6.59. The van der Waals surface area contributed by atoms with Crippen LogP contribution in [0.3, 0.4) is 0 Å². The molecule has 3 heterocycles. The van der Waals surface area contributed by atoms with Gasteiger partial charge in [0.05, 0.1) is 11.5 Å². The van der Waals surface area contributed by atoms with E-state index in [9.17, 15) is 14.9 Å². The third-order valence-electron chi connectivity index (χ3n) is 4.87. The van der Waals surface area contributed by atoms with Crippen molar-refractivity contribution in [2.75, 3.05) is 75.8 Å². The number of aromatic nitrogens is 2. The molecule has 0 bridgehead atoms. The average Bonchev–Trinajstić information content (AvgIpc) is 2.68. The van der Waals surface area contributed by atoms with E-state index in [0.717, 1.165) is 13.1 Å². The van der Waals surface area contributed by atoms with Crippen LogP contribution in [0.5, 0.6) is 0 Å². The molecule has 0 N–H and O–H groups in total. The van der Waals surface area contributed by atoms with Crippen LogP contribution in [0.4, 0.5) is 22.1 Å². The molecule has 3 rings (SSSR count). The second-order valence-corrected chi connectivity index (χ2v) is 6.59. The molecule has 0 aromatic carbocycles. The summed E-state index contributed by atoms with van der Waals surface area (Å²) in [7, 11) is 2.03. The Balaban J connectivity index is 1.79. The summed E-state index contributed by atoms with van der Waals surface area (Å²) in [5, 5.41) is 11.8. The van der Waals surface area contributed by atoms with Gasteiger partial charge >= 0.3 is 11.8 Å². The summed E-state index contributed by atoms with van der Waals surface area (Å²) in [6.45, 7) is 6.90. The topological polar surface area (TPSA) is 108 Å². The van der Waals surface area contributed by atoms with Crippen molar-refractivity contribution in [2.24, 2.45) is 0 Å². The fourth-order valence-corrected chi connectivity index (χ4v) is 3.32. The molecule has 0 unspecified atom stereocenters. The van der Waals surface area contributed by atoms with Crippen LogP contribution in [0.1, 0.15) is 6.92 Å². The van der Waals surface area contributed by atoms with Crippen molar-refractivity contribution in [3.8, 4) is 0 Å². The molecule has 1 aromatic heterocycles. The number of likely N-dealkylation sites (N-methyl/N-ethyl adjacent to an activating group) is 1. The van der Waals surface area contributed by atoms with Gasteiger partial charge in [-0.05, 0) is 14.0 Å². The summed E-state index contributed by atoms with van der Waals surface area (Å²) in [5.41, 5.74) is -0.0633. The maximum Gasteiger partial charge on any atom is 0.409 e. The van der Waals surface area contributed by atoms with Crippen molar-refractivity contribution in [3.05, 3.63) is 16.4 Å². The maximum absolute atomic E-state index is 11.8. The van der Waals surface area contributed by atoms with Gasteiger partial charge in [-0.3, -0.25) is 10.1 Å². The van der Waals surface area contributed by atoms with Crippen LogP contribution in [-0.2, 0) is 4.74 Å². The van der Waals surface area contributed by atoms with Crippen molar-refractivity contribution >= 4 is 23.4 Å². The van der Waals surface area contributed by atoms with E-state index < -0.39 is 4.92 Å². The van der Waals surface area contributed by atoms with Gasteiger partial charge in [0, 0.05) is 52.4 Å². The lowest BCUT2D eigenvalue weighted by molar-refractivity contribution is -0.383. The lowest BCUT2D eigenvalue weighted by atomic mass is 10.2. The Hall–Kier alpha value is -2.69. The van der Waals surface area contributed by atoms with Gasteiger partial charge in [-0.25, -0.2) is 14.8 Å². The van der Waals surface area contributed by atoms with Gasteiger partial charge < -0.3 is 24.3 Å². The predicted molar refractivity (Wildman–Crippen MR) is 99.2 cm³/mol. The van der Waals surface area contributed by atoms with Gasteiger partial charge in [0.15, 0.2) is 0 Å². The fraction of sp³-hybridized carbons (Fsp3) is 0.688. The Morgan fingerprint density at radius 3 is 2.07 bits per heavy atom. The molecule has 0 aliphatic carbocycles. The number of piperazine rings is 2. The Labute approximate surface area is 157 Å². The molecular formula is C16H25N7O4. The summed E-state index contributed by atoms with van der Waals surface area (Å²) in [5.74, 6) is 0.679. The lowest BCUT2D eigenvalue weighted by Gasteiger charge is -2.35. The van der Waals surface area contributed by atoms with Crippen molar-refractivity contribution in [1.29, 1.82) is 0 Å². The van der Waals surface area contributed by atoms with E-state index in [1.807, 2.05) is 16.8 Å². The number of hydrogen-bond donors (Lipinski definition) is 0. The van der Waals surface area contributed by atoms with Crippen molar-refractivity contribution in [3.63, 3.8) is 0 Å². The van der Waals surface area contributed by atoms with Crippen LogP contribution in [-0.4, -0.2) is 96.8 Å². The Kier molecular flexibility index (Phi) is 5.89. The van der Waals surface area contributed by atoms with Gasteiger partial charge in [-0.1, -0.05) is 0 Å². The first kappa shape index (κ1) is 19.1. The first-order chi connectivity index (χ1) is 13.0. The molecule has 148 valence electrons. The molecule has 2 aliphatic rings. The smallest absolute Gasteiger partial charge is 0.409 e. The van der Waals surface area contributed by atoms with E-state index in [4.69, 9.17) is 4.74 Å². The second kappa shape index (κ2) is 8.33. The van der Waals surface area contributed by atoms with Crippen LogP contribution >= 0.6 is 0 Å². The molecule has 1 aromatic rings. The quantitative estimate of drug-likeness (QED) is 0.543. The number of carbonyl (C=O) groups excluding carboxylic acids is 1. The largest absolute Gasteiger partial charge is 0.450 e. The SMILES string of the molecule is CCOC(=O)N1CCN(c2ncnc(N3CCN(C)CC3)c2[N+](=O)[O-])CC1. The van der Waals surface area contributed by atoms with Crippen molar-refractivity contribution in [2.45, 2.75) is 6.92 Å². The number of hydrogen-bond acceptors (Lipinski definition) is 9. The molecule has 2 saturated heterocycles. The molecule has 2 fully saturated rings. The Morgan fingerprint density at radius 1 is 1.07 bits per heavy atom. The summed E-state index contributed by atoms with van der Waals surface area (Å²) < 4.78 is 5.02. The highest BCUT2D eigenvalue weighted by Crippen LogP contribution is 2.34. The van der Waals surface area contributed by atoms with Gasteiger partial charge in [0.1, 0.15) is 6.33 Å². The van der Waals surface area contributed by atoms with Crippen molar-refractivity contribution < 1.29 is 14.5 Å². The number of nitro groups is 1. The molecular weight excluding hydrogens is 354 g/mol. The van der Waals surface area contributed by atoms with Gasteiger partial charge in [-0.2, -0.15) is 0 Å². The van der Waals surface area contributed by atoms with Crippen LogP contribution in [0.25, 0.3) is 0 Å². The lowest BCUT2D eigenvalue weighted by Crippen LogP contribution is -2.49. The van der Waals surface area contributed by atoms with E-state index in [1.54, 1.807) is 11.8 Å². The minimum Gasteiger partial charge on any atom is -0.450 e. The van der Waals surface area contributed by atoms with Crippen LogP contribution < -0.4 is 9.80 Å². The zero-order valence-corrected chi connectivity index (χ0v) is 15.7. The molecule has 11 nitrogen and oxygen atoms in total. The van der Waals surface area contributed by atoms with Crippen molar-refractivity contribution in [1.82, 2.24) is 19.8 Å². The molecule has 0 atom stereocenters. The number of anilines is 2. The first-order valence-electron chi connectivity index (χ1n) is 9.10. The highest BCUT2D eigenvalue weighted by atomic mass is 16.6. The zero-order valence-electron chi connectivity index (χ0n) is 15.7. The molecule has 0 spiro atoms. The fourth-order valence-electron chi connectivity index (χ4n) is 3.32. The minimum atomic E-state index is -0.402. The average molecular weight is 379 g/mol. The number of carbonyl (C=O) groups is 1. The van der Waals surface area contributed by atoms with E-state index in [2.05, 4.69) is 14.9 Å². The third kappa shape index (κ3) is 4.18. The first-order valence-corrected chi connectivity index (χ1v) is 9.10. The Bertz CT molecular complexity index is 685. The van der Waals surface area contributed by atoms with E-state index >= 15 is 0 Å². The van der Waals surface area contributed by atoms with Gasteiger partial charge in [0.25, 0.3) is 0 Å². The summed E-state index contributed by atoms with van der Waals surface area (Å²) in [6.07, 6.45) is 1.03. The highest BCUT2D eigenvalue weighted by Gasteiger charge is 2.33. The maximum atomic E-state index is 11.8. The molecule has 2 aliphatic heterocycles. The normalized spacial score (nSPS) is 18.5. The highest BCUT2D eigenvalue weighted by molar-refractivity contribution is 5.72. The van der Waals surface area contributed by atoms with Crippen LogP contribution in [0.15, 0.2) is 6.33 Å². The molecule has 0 saturated carbocycles. The Morgan fingerprint density at radius 2 is 1.59 bits per heavy atom. The standard InChI is InChI=1S/C16H25N7O4/c1-3-27-16(24)22-10-8-21(9-11-22)15-13(23(25)26)14(17-12-18-15)20-6-4-19(2)5-7-20/h12H,3-11H2,1-2H3. The van der Waals surface area contributed by atoms with E-state index in [1.165, 1.54) is 6.33 Å². The molecule has 1 amide bonds. The molecule has 0 radical (unpaired) electrons. The monoisotopic (exact) mass is 379 g/mol. The number of ether oxygens (including phenoxy) is 1. The molecule has 11 heteroatoms. The van der Waals surface area contributed by atoms with E-state index in [0.29, 0.717) is 57.5 Å². The van der Waals surface area contributed by atoms with Gasteiger partial charge in [0.2, 0.25) is 11.6 Å². The van der Waals surface area contributed by atoms with Crippen LogP contribution in [0, 0.1) is 10.1 Å². The zero-order chi connectivity index (χ0) is 19.4. The van der Waals surface area contributed by atoms with Gasteiger partial charge in [-0.15, -0.1) is 0 Å². The number of rotatable bonds is 4.